The van der Waals surface area contributed by atoms with E-state index in [9.17, 15) is 0 Å². The Morgan fingerprint density at radius 3 is 2.38 bits per heavy atom. The smallest absolute Gasteiger partial charge is 0.0879 e. The normalized spacial score (nSPS) is 37.8. The van der Waals surface area contributed by atoms with Gasteiger partial charge in [-0.25, -0.2) is 0 Å². The van der Waals surface area contributed by atoms with Crippen LogP contribution in [0.2, 0.25) is 0 Å². The summed E-state index contributed by atoms with van der Waals surface area (Å²) in [5.41, 5.74) is 0. The van der Waals surface area contributed by atoms with Crippen LogP contribution in [0, 0.1) is 5.92 Å². The van der Waals surface area contributed by atoms with E-state index in [0.29, 0.717) is 0 Å². The molecule has 1 heteroatoms. The van der Waals surface area contributed by atoms with Gasteiger partial charge in [-0.05, 0) is 19.0 Å². The van der Waals surface area contributed by atoms with E-state index >= 15 is 0 Å². The van der Waals surface area contributed by atoms with Crippen molar-refractivity contribution in [3.05, 3.63) is 12.2 Å². The zero-order chi connectivity index (χ0) is 5.98. The molecule has 1 aliphatic rings. The van der Waals surface area contributed by atoms with Crippen LogP contribution in [0.25, 0.3) is 0 Å². The quantitative estimate of drug-likeness (QED) is 0.342. The maximum absolute atomic E-state index is 3.65. The van der Waals surface area contributed by atoms with Gasteiger partial charge in [0.2, 0.25) is 0 Å². The van der Waals surface area contributed by atoms with Crippen LogP contribution in [-0.4, -0.2) is 5.25 Å². The first-order chi connectivity index (χ1) is 3.80. The molecule has 0 aromatic carbocycles. The van der Waals surface area contributed by atoms with Gasteiger partial charge < -0.3 is 0 Å². The lowest BCUT2D eigenvalue weighted by molar-refractivity contribution is 0.544. The molecule has 8 heavy (non-hydrogen) atoms. The zero-order valence-electron chi connectivity index (χ0n) is 5.22. The second kappa shape index (κ2) is 2.58. The first-order valence-electron chi connectivity index (χ1n) is 3.17. The molecule has 2 atom stereocenters. The third-order valence-electron chi connectivity index (χ3n) is 1.75. The highest BCUT2D eigenvalue weighted by molar-refractivity contribution is 7.59. The van der Waals surface area contributed by atoms with Crippen molar-refractivity contribution in [2.24, 2.45) is 5.92 Å². The van der Waals surface area contributed by atoms with E-state index in [1.165, 1.54) is 12.8 Å². The lowest BCUT2D eigenvalue weighted by atomic mass is 9.96. The van der Waals surface area contributed by atoms with Crippen LogP contribution in [0.3, 0.4) is 0 Å². The second-order valence-corrected chi connectivity index (χ2v) is 3.27. The van der Waals surface area contributed by atoms with Gasteiger partial charge in [0, 0.05) is 12.3 Å². The topological polar surface area (TPSA) is 0 Å². The summed E-state index contributed by atoms with van der Waals surface area (Å²) in [6.07, 6.45) is 6.96. The zero-order valence-corrected chi connectivity index (χ0v) is 6.22. The van der Waals surface area contributed by atoms with Gasteiger partial charge in [0.05, 0.1) is 0 Å². The molecule has 0 aliphatic heterocycles. The molecule has 0 fully saturated rings. The van der Waals surface area contributed by atoms with E-state index in [-0.39, 0.29) is 0 Å². The molecule has 0 heterocycles. The largest absolute Gasteiger partial charge is 0.119 e. The Morgan fingerprint density at radius 2 is 2.00 bits per heavy atom. The number of rotatable bonds is 0. The van der Waals surface area contributed by atoms with Gasteiger partial charge in [0.1, 0.15) is 5.25 Å². The lowest BCUT2D eigenvalue weighted by Gasteiger charge is -2.14. The summed E-state index contributed by atoms with van der Waals surface area (Å²) >= 11 is 3.65. The monoisotopic (exact) mass is 129 g/mol. The van der Waals surface area contributed by atoms with E-state index in [4.69, 9.17) is 0 Å². The van der Waals surface area contributed by atoms with E-state index in [1.54, 1.807) is 0 Å². The van der Waals surface area contributed by atoms with Crippen LogP contribution in [-0.2, 0) is 12.6 Å². The van der Waals surface area contributed by atoms with Crippen LogP contribution in [0.1, 0.15) is 19.8 Å². The van der Waals surface area contributed by atoms with Crippen molar-refractivity contribution in [1.82, 2.24) is 0 Å². The minimum Gasteiger partial charge on any atom is -0.0879 e. The molecule has 1 rings (SSSR count). The molecule has 1 aliphatic carbocycles. The minimum absolute atomic E-state index is 0.722. The Labute approximate surface area is 56.4 Å². The summed E-state index contributed by atoms with van der Waals surface area (Å²) in [7, 11) is 0. The van der Waals surface area contributed by atoms with E-state index in [1.807, 2.05) is 0 Å². The maximum Gasteiger partial charge on any atom is 0.119 e. The highest BCUT2D eigenvalue weighted by Gasteiger charge is 2.17. The molecule has 0 aromatic rings. The summed E-state index contributed by atoms with van der Waals surface area (Å²) in [4.78, 5) is 0. The molecular weight excluding hydrogens is 116 g/mol. The third kappa shape index (κ3) is 1.28. The van der Waals surface area contributed by atoms with Crippen LogP contribution in [0.4, 0.5) is 0 Å². The Balaban J connectivity index is 2.44. The first-order valence-corrected chi connectivity index (χ1v) is 3.74. The van der Waals surface area contributed by atoms with Gasteiger partial charge in [-0.2, -0.15) is 0 Å². The summed E-state index contributed by atoms with van der Waals surface area (Å²) < 4.78 is 0. The fraction of sp³-hybridized carbons (Fsp3) is 0.714. The van der Waals surface area contributed by atoms with E-state index < -0.39 is 0 Å². The van der Waals surface area contributed by atoms with Crippen LogP contribution in [0.15, 0.2) is 12.2 Å². The summed E-state index contributed by atoms with van der Waals surface area (Å²) in [6.45, 7) is 2.28. The molecule has 0 radical (unpaired) electrons. The summed E-state index contributed by atoms with van der Waals surface area (Å²) in [6, 6.07) is 0. The van der Waals surface area contributed by atoms with Crippen molar-refractivity contribution in [2.75, 3.05) is 0 Å². The molecule has 0 saturated carbocycles. The van der Waals surface area contributed by atoms with Gasteiger partial charge >= 0.3 is 0 Å². The van der Waals surface area contributed by atoms with Gasteiger partial charge in [0.25, 0.3) is 0 Å². The van der Waals surface area contributed by atoms with E-state index in [2.05, 4.69) is 31.7 Å². The minimum atomic E-state index is 0.722. The molecule has 46 valence electrons. The first kappa shape index (κ1) is 6.21. The number of allylic oxidation sites excluding steroid dienone is 2. The average Bonchev–Trinajstić information content (AvgIpc) is 1.77. The Morgan fingerprint density at radius 1 is 1.38 bits per heavy atom. The standard InChI is InChI=1S/C7H12S/c1-6-4-2-3-5-7(6)8/h2-3,6-8H,4-5H2,1H3/p+1. The second-order valence-electron chi connectivity index (χ2n) is 2.53. The molecule has 0 aromatic heterocycles. The van der Waals surface area contributed by atoms with Crippen LogP contribution < -0.4 is 0 Å². The fourth-order valence-corrected chi connectivity index (χ4v) is 1.22. The van der Waals surface area contributed by atoms with Crippen molar-refractivity contribution in [3.63, 3.8) is 0 Å². The van der Waals surface area contributed by atoms with Crippen molar-refractivity contribution in [2.45, 2.75) is 25.0 Å². The van der Waals surface area contributed by atoms with Crippen LogP contribution >= 0.6 is 0 Å². The molecule has 0 spiro atoms. The van der Waals surface area contributed by atoms with Gasteiger partial charge in [0.15, 0.2) is 0 Å². The SMILES string of the molecule is CC1CC=CCC1[SH2+]. The molecule has 0 amide bonds. The lowest BCUT2D eigenvalue weighted by Crippen LogP contribution is -2.15. The average molecular weight is 129 g/mol. The van der Waals surface area contributed by atoms with Crippen molar-refractivity contribution < 1.29 is 0 Å². The Hall–Kier alpha value is 0.0900. The van der Waals surface area contributed by atoms with Gasteiger partial charge in [-0.1, -0.05) is 19.1 Å². The molecule has 0 saturated heterocycles. The van der Waals surface area contributed by atoms with Gasteiger partial charge in [-0.15, -0.1) is 0 Å². The Bertz CT molecular complexity index is 84.6. The highest BCUT2D eigenvalue weighted by Crippen LogP contribution is 2.18. The van der Waals surface area contributed by atoms with Crippen molar-refractivity contribution >= 4 is 12.6 Å². The Kier molecular flexibility index (Phi) is 2.01. The van der Waals surface area contributed by atoms with Crippen molar-refractivity contribution in [3.8, 4) is 0 Å². The highest BCUT2D eigenvalue weighted by atomic mass is 32.1. The molecule has 0 nitrogen and oxygen atoms in total. The molecular formula is C7H13S+. The van der Waals surface area contributed by atoms with E-state index in [0.717, 1.165) is 11.2 Å². The molecule has 0 N–H and O–H groups in total. The van der Waals surface area contributed by atoms with Gasteiger partial charge in [-0.3, -0.25) is 0 Å². The predicted molar refractivity (Wildman–Crippen MR) is 41.5 cm³/mol. The predicted octanol–water partition coefficient (Wildman–Crippen LogP) is 1.35. The maximum atomic E-state index is 3.65. The third-order valence-corrected chi connectivity index (χ3v) is 2.56. The number of hydrogen-bond acceptors (Lipinski definition) is 0. The summed E-state index contributed by atoms with van der Waals surface area (Å²) in [5, 5.41) is 0.722. The summed E-state index contributed by atoms with van der Waals surface area (Å²) in [5.74, 6) is 0.830. The fourth-order valence-electron chi connectivity index (χ4n) is 0.950. The van der Waals surface area contributed by atoms with Crippen molar-refractivity contribution in [1.29, 1.82) is 0 Å². The van der Waals surface area contributed by atoms with Crippen LogP contribution in [0.5, 0.6) is 0 Å². The molecule has 2 unspecified atom stereocenters. The molecule has 0 bridgehead atoms. The number of hydrogen-bond donors (Lipinski definition) is 0.